The van der Waals surface area contributed by atoms with Gasteiger partial charge < -0.3 is 9.47 Å². The largest absolute Gasteiger partial charge is 0.492 e. The predicted molar refractivity (Wildman–Crippen MR) is 78.2 cm³/mol. The maximum Gasteiger partial charge on any atom is 0.338 e. The van der Waals surface area contributed by atoms with Crippen molar-refractivity contribution >= 4 is 5.97 Å². The van der Waals surface area contributed by atoms with Crippen LogP contribution in [0.2, 0.25) is 0 Å². The molecule has 0 aromatic heterocycles. The quantitative estimate of drug-likeness (QED) is 0.749. The van der Waals surface area contributed by atoms with Gasteiger partial charge in [-0.3, -0.25) is 4.90 Å². The maximum atomic E-state index is 11.6. The van der Waals surface area contributed by atoms with Gasteiger partial charge in [0.25, 0.3) is 0 Å². The summed E-state index contributed by atoms with van der Waals surface area (Å²) in [6.07, 6.45) is 3.93. The summed E-state index contributed by atoms with van der Waals surface area (Å²) >= 11 is 0. The molecule has 1 fully saturated rings. The molecule has 1 heterocycles. The first kappa shape index (κ1) is 14.9. The second kappa shape index (κ2) is 7.90. The number of hydrogen-bond acceptors (Lipinski definition) is 4. The van der Waals surface area contributed by atoms with Gasteiger partial charge in [-0.2, -0.15) is 0 Å². The number of hydrogen-bond donors (Lipinski definition) is 0. The van der Waals surface area contributed by atoms with Crippen LogP contribution in [0.5, 0.6) is 5.75 Å². The molecule has 0 radical (unpaired) electrons. The van der Waals surface area contributed by atoms with E-state index in [1.165, 1.54) is 32.4 Å². The maximum absolute atomic E-state index is 11.6. The zero-order valence-electron chi connectivity index (χ0n) is 12.1. The summed E-state index contributed by atoms with van der Waals surface area (Å²) in [7, 11) is 0. The topological polar surface area (TPSA) is 38.8 Å². The summed E-state index contributed by atoms with van der Waals surface area (Å²) < 4.78 is 10.7. The molecule has 1 aliphatic heterocycles. The monoisotopic (exact) mass is 277 g/mol. The Morgan fingerprint density at radius 3 is 2.80 bits per heavy atom. The Labute approximate surface area is 120 Å². The van der Waals surface area contributed by atoms with E-state index in [1.54, 1.807) is 19.1 Å². The number of ether oxygens (including phenoxy) is 2. The minimum Gasteiger partial charge on any atom is -0.492 e. The van der Waals surface area contributed by atoms with Crippen LogP contribution in [0.25, 0.3) is 0 Å². The lowest BCUT2D eigenvalue weighted by molar-refractivity contribution is 0.0526. The van der Waals surface area contributed by atoms with Crippen molar-refractivity contribution < 1.29 is 14.3 Å². The van der Waals surface area contributed by atoms with Gasteiger partial charge in [-0.05, 0) is 51.1 Å². The van der Waals surface area contributed by atoms with Crippen LogP contribution < -0.4 is 4.74 Å². The van der Waals surface area contributed by atoms with Crippen molar-refractivity contribution in [3.8, 4) is 5.75 Å². The van der Waals surface area contributed by atoms with Gasteiger partial charge in [0.1, 0.15) is 12.4 Å². The zero-order valence-corrected chi connectivity index (χ0v) is 12.1. The molecule has 1 aromatic rings. The fourth-order valence-electron chi connectivity index (χ4n) is 2.40. The number of carbonyl (C=O) groups excluding carboxylic acids is 1. The molecule has 0 bridgehead atoms. The normalized spacial score (nSPS) is 15.8. The lowest BCUT2D eigenvalue weighted by Crippen LogP contribution is -2.33. The van der Waals surface area contributed by atoms with Crippen molar-refractivity contribution in [2.75, 3.05) is 32.8 Å². The Morgan fingerprint density at radius 1 is 1.25 bits per heavy atom. The highest BCUT2D eigenvalue weighted by molar-refractivity contribution is 5.89. The van der Waals surface area contributed by atoms with Crippen molar-refractivity contribution in [1.29, 1.82) is 0 Å². The molecular formula is C16H23NO3. The predicted octanol–water partition coefficient (Wildman–Crippen LogP) is 2.73. The van der Waals surface area contributed by atoms with E-state index in [1.807, 2.05) is 12.1 Å². The third-order valence-electron chi connectivity index (χ3n) is 3.47. The summed E-state index contributed by atoms with van der Waals surface area (Å²) in [6.45, 7) is 6.14. The fourth-order valence-corrected chi connectivity index (χ4v) is 2.40. The van der Waals surface area contributed by atoms with Gasteiger partial charge in [0.2, 0.25) is 0 Å². The minimum absolute atomic E-state index is 0.297. The Bertz CT molecular complexity index is 427. The molecule has 110 valence electrons. The number of carbonyl (C=O) groups is 1. The summed E-state index contributed by atoms with van der Waals surface area (Å²) in [5, 5.41) is 0. The molecule has 2 rings (SSSR count). The second-order valence-electron chi connectivity index (χ2n) is 5.00. The molecule has 1 aliphatic rings. The number of benzene rings is 1. The number of likely N-dealkylation sites (tertiary alicyclic amines) is 1. The first-order chi connectivity index (χ1) is 9.79. The third kappa shape index (κ3) is 4.53. The summed E-state index contributed by atoms with van der Waals surface area (Å²) in [5.41, 5.74) is 0.544. The SMILES string of the molecule is CCOC(=O)c1cccc(OCCN2CCCCC2)c1. The Kier molecular flexibility index (Phi) is 5.87. The van der Waals surface area contributed by atoms with Crippen LogP contribution in [-0.4, -0.2) is 43.7 Å². The fraction of sp³-hybridized carbons (Fsp3) is 0.562. The van der Waals surface area contributed by atoms with Crippen LogP contribution in [0.15, 0.2) is 24.3 Å². The molecule has 0 spiro atoms. The molecule has 4 nitrogen and oxygen atoms in total. The molecule has 0 amide bonds. The minimum atomic E-state index is -0.297. The van der Waals surface area contributed by atoms with Crippen LogP contribution >= 0.6 is 0 Å². The molecule has 1 aromatic carbocycles. The molecule has 4 heteroatoms. The average molecular weight is 277 g/mol. The number of esters is 1. The highest BCUT2D eigenvalue weighted by Crippen LogP contribution is 2.15. The summed E-state index contributed by atoms with van der Waals surface area (Å²) in [4.78, 5) is 14.1. The Hall–Kier alpha value is -1.55. The standard InChI is InChI=1S/C16H23NO3/c1-2-19-16(18)14-7-6-8-15(13-14)20-12-11-17-9-4-3-5-10-17/h6-8,13H,2-5,9-12H2,1H3. The second-order valence-corrected chi connectivity index (χ2v) is 5.00. The van der Waals surface area contributed by atoms with E-state index in [0.29, 0.717) is 18.8 Å². The van der Waals surface area contributed by atoms with Crippen molar-refractivity contribution in [1.82, 2.24) is 4.90 Å². The first-order valence-corrected chi connectivity index (χ1v) is 7.42. The number of piperidine rings is 1. The van der Waals surface area contributed by atoms with Crippen molar-refractivity contribution in [3.05, 3.63) is 29.8 Å². The van der Waals surface area contributed by atoms with Gasteiger partial charge in [0.05, 0.1) is 12.2 Å². The average Bonchev–Trinajstić information content (AvgIpc) is 2.49. The van der Waals surface area contributed by atoms with Gasteiger partial charge >= 0.3 is 5.97 Å². The Morgan fingerprint density at radius 2 is 2.05 bits per heavy atom. The van der Waals surface area contributed by atoms with Gasteiger partial charge in [0, 0.05) is 6.54 Å². The van der Waals surface area contributed by atoms with Gasteiger partial charge in [-0.15, -0.1) is 0 Å². The van der Waals surface area contributed by atoms with Crippen LogP contribution in [-0.2, 0) is 4.74 Å². The lowest BCUT2D eigenvalue weighted by atomic mass is 10.1. The molecule has 0 aliphatic carbocycles. The van der Waals surface area contributed by atoms with E-state index in [0.717, 1.165) is 12.3 Å². The van der Waals surface area contributed by atoms with E-state index >= 15 is 0 Å². The van der Waals surface area contributed by atoms with E-state index in [9.17, 15) is 4.79 Å². The summed E-state index contributed by atoms with van der Waals surface area (Å²) in [6, 6.07) is 7.19. The highest BCUT2D eigenvalue weighted by atomic mass is 16.5. The lowest BCUT2D eigenvalue weighted by Gasteiger charge is -2.26. The molecule has 0 unspecified atom stereocenters. The molecule has 0 atom stereocenters. The van der Waals surface area contributed by atoms with Gasteiger partial charge in [-0.1, -0.05) is 12.5 Å². The van der Waals surface area contributed by atoms with E-state index in [2.05, 4.69) is 4.90 Å². The van der Waals surface area contributed by atoms with Crippen LogP contribution in [0.4, 0.5) is 0 Å². The van der Waals surface area contributed by atoms with Crippen LogP contribution in [0, 0.1) is 0 Å². The summed E-state index contributed by atoms with van der Waals surface area (Å²) in [5.74, 6) is 0.432. The number of rotatable bonds is 6. The Balaban J connectivity index is 1.80. The molecule has 0 saturated carbocycles. The molecular weight excluding hydrogens is 254 g/mol. The van der Waals surface area contributed by atoms with E-state index in [4.69, 9.17) is 9.47 Å². The van der Waals surface area contributed by atoms with Crippen LogP contribution in [0.1, 0.15) is 36.5 Å². The zero-order chi connectivity index (χ0) is 14.2. The van der Waals surface area contributed by atoms with Gasteiger partial charge in [-0.25, -0.2) is 4.79 Å². The van der Waals surface area contributed by atoms with Crippen molar-refractivity contribution in [2.45, 2.75) is 26.2 Å². The highest BCUT2D eigenvalue weighted by Gasteiger charge is 2.10. The van der Waals surface area contributed by atoms with Crippen molar-refractivity contribution in [2.24, 2.45) is 0 Å². The first-order valence-electron chi connectivity index (χ1n) is 7.42. The molecule has 1 saturated heterocycles. The van der Waals surface area contributed by atoms with Crippen LogP contribution in [0.3, 0.4) is 0 Å². The third-order valence-corrected chi connectivity index (χ3v) is 3.47. The smallest absolute Gasteiger partial charge is 0.338 e. The molecule has 20 heavy (non-hydrogen) atoms. The van der Waals surface area contributed by atoms with Gasteiger partial charge in [0.15, 0.2) is 0 Å². The van der Waals surface area contributed by atoms with E-state index in [-0.39, 0.29) is 5.97 Å². The molecule has 0 N–H and O–H groups in total. The number of nitrogens with zero attached hydrogens (tertiary/aromatic N) is 1. The van der Waals surface area contributed by atoms with Crippen molar-refractivity contribution in [3.63, 3.8) is 0 Å². The van der Waals surface area contributed by atoms with E-state index < -0.39 is 0 Å².